The maximum absolute atomic E-state index is 5.69. The Kier molecular flexibility index (Phi) is 4.63. The monoisotopic (exact) mass is 364 g/mol. The van der Waals surface area contributed by atoms with Crippen LogP contribution < -0.4 is 14.5 Å². The molecule has 132 valence electrons. The van der Waals surface area contributed by atoms with Crippen LogP contribution in [0.3, 0.4) is 0 Å². The van der Waals surface area contributed by atoms with E-state index in [9.17, 15) is 0 Å². The van der Waals surface area contributed by atoms with E-state index >= 15 is 0 Å². The fourth-order valence-corrected chi connectivity index (χ4v) is 4.11. The zero-order chi connectivity index (χ0) is 17.9. The number of nitrogens with zero attached hydrogens (tertiary/aromatic N) is 2. The first kappa shape index (κ1) is 16.7. The molecule has 0 aliphatic carbocycles. The highest BCUT2D eigenvalue weighted by Gasteiger charge is 2.33. The summed E-state index contributed by atoms with van der Waals surface area (Å²) in [5.41, 5.74) is 3.25. The third-order valence-electron chi connectivity index (χ3n) is 4.55. The van der Waals surface area contributed by atoms with Crippen LogP contribution in [0.1, 0.15) is 16.4 Å². The number of benzene rings is 2. The van der Waals surface area contributed by atoms with E-state index < -0.39 is 0 Å². The van der Waals surface area contributed by atoms with E-state index in [-0.39, 0.29) is 5.92 Å². The molecule has 0 bridgehead atoms. The highest BCUT2D eigenvalue weighted by Crippen LogP contribution is 2.40. The maximum Gasteiger partial charge on any atom is 0.164 e. The molecule has 0 amide bonds. The van der Waals surface area contributed by atoms with Gasteiger partial charge in [-0.15, -0.1) is 11.3 Å². The number of para-hydroxylation sites is 2. The van der Waals surface area contributed by atoms with Gasteiger partial charge >= 0.3 is 0 Å². The van der Waals surface area contributed by atoms with Gasteiger partial charge in [-0.25, -0.2) is 0 Å². The summed E-state index contributed by atoms with van der Waals surface area (Å²) < 4.78 is 11.2. The van der Waals surface area contributed by atoms with Gasteiger partial charge in [-0.2, -0.15) is 5.10 Å². The lowest BCUT2D eigenvalue weighted by Gasteiger charge is -2.19. The molecule has 0 unspecified atom stereocenters. The Morgan fingerprint density at radius 1 is 0.962 bits per heavy atom. The van der Waals surface area contributed by atoms with Crippen LogP contribution in [0.2, 0.25) is 0 Å². The number of thiophene rings is 1. The van der Waals surface area contributed by atoms with Crippen LogP contribution in [-0.4, -0.2) is 26.5 Å². The number of hydrazone groups is 1. The van der Waals surface area contributed by atoms with E-state index in [1.807, 2.05) is 30.3 Å². The Balaban J connectivity index is 1.80. The number of anilines is 1. The van der Waals surface area contributed by atoms with Gasteiger partial charge in [-0.3, -0.25) is 5.01 Å². The first-order valence-electron chi connectivity index (χ1n) is 8.47. The van der Waals surface area contributed by atoms with Crippen LogP contribution in [0.4, 0.5) is 5.69 Å². The van der Waals surface area contributed by atoms with Crippen molar-refractivity contribution in [2.75, 3.05) is 25.8 Å². The largest absolute Gasteiger partial charge is 0.493 e. The van der Waals surface area contributed by atoms with Gasteiger partial charge in [0, 0.05) is 5.56 Å². The average molecular weight is 364 g/mol. The number of ether oxygens (including phenoxy) is 2. The van der Waals surface area contributed by atoms with E-state index in [2.05, 4.69) is 40.7 Å². The fourth-order valence-electron chi connectivity index (χ4n) is 3.34. The molecule has 26 heavy (non-hydrogen) atoms. The molecule has 2 heterocycles. The molecular weight excluding hydrogens is 344 g/mol. The minimum atomic E-state index is 0.110. The first-order chi connectivity index (χ1) is 12.8. The van der Waals surface area contributed by atoms with Crippen molar-refractivity contribution in [1.29, 1.82) is 0 Å². The smallest absolute Gasteiger partial charge is 0.164 e. The van der Waals surface area contributed by atoms with Crippen molar-refractivity contribution >= 4 is 22.7 Å². The normalized spacial score (nSPS) is 16.5. The van der Waals surface area contributed by atoms with Crippen LogP contribution in [0.25, 0.3) is 0 Å². The molecule has 0 saturated heterocycles. The highest BCUT2D eigenvalue weighted by molar-refractivity contribution is 7.12. The van der Waals surface area contributed by atoms with Gasteiger partial charge in [0.05, 0.1) is 43.0 Å². The second kappa shape index (κ2) is 7.22. The third-order valence-corrected chi connectivity index (χ3v) is 5.44. The summed E-state index contributed by atoms with van der Waals surface area (Å²) in [4.78, 5) is 1.18. The van der Waals surface area contributed by atoms with E-state index in [0.717, 1.165) is 35.0 Å². The molecule has 0 fully saturated rings. The molecule has 4 rings (SSSR count). The summed E-state index contributed by atoms with van der Waals surface area (Å²) in [6.07, 6.45) is 0. The Morgan fingerprint density at radius 2 is 1.81 bits per heavy atom. The van der Waals surface area contributed by atoms with Crippen LogP contribution >= 0.6 is 11.3 Å². The molecule has 0 spiro atoms. The van der Waals surface area contributed by atoms with Crippen molar-refractivity contribution in [3.63, 3.8) is 0 Å². The number of hydrogen-bond acceptors (Lipinski definition) is 5. The zero-order valence-electron chi connectivity index (χ0n) is 14.8. The average Bonchev–Trinajstić information content (AvgIpc) is 3.37. The molecule has 0 radical (unpaired) electrons. The molecule has 1 aliphatic heterocycles. The molecule has 1 atom stereocenters. The molecule has 0 N–H and O–H groups in total. The lowest BCUT2D eigenvalue weighted by Crippen LogP contribution is -2.18. The van der Waals surface area contributed by atoms with E-state index in [1.54, 1.807) is 25.6 Å². The SMILES string of the molecule is COc1cccc([C@@H]2CN(c3ccccc3)N=C2c2cccs2)c1OC. The predicted octanol–water partition coefficient (Wildman–Crippen LogP) is 4.77. The minimum absolute atomic E-state index is 0.110. The Hall–Kier alpha value is -2.79. The Labute approximate surface area is 157 Å². The van der Waals surface area contributed by atoms with Crippen molar-refractivity contribution in [2.45, 2.75) is 5.92 Å². The summed E-state index contributed by atoms with van der Waals surface area (Å²) in [5, 5.41) is 9.11. The lowest BCUT2D eigenvalue weighted by molar-refractivity contribution is 0.351. The summed E-state index contributed by atoms with van der Waals surface area (Å²) >= 11 is 1.71. The third kappa shape index (κ3) is 2.95. The summed E-state index contributed by atoms with van der Waals surface area (Å²) in [6.45, 7) is 0.765. The lowest BCUT2D eigenvalue weighted by atomic mass is 9.92. The highest BCUT2D eigenvalue weighted by atomic mass is 32.1. The summed E-state index contributed by atoms with van der Waals surface area (Å²) in [6, 6.07) is 20.5. The molecule has 1 aliphatic rings. The van der Waals surface area contributed by atoms with Crippen LogP contribution in [-0.2, 0) is 0 Å². The molecular formula is C21H20N2O2S. The van der Waals surface area contributed by atoms with E-state index in [4.69, 9.17) is 14.6 Å². The Morgan fingerprint density at radius 3 is 2.50 bits per heavy atom. The first-order valence-corrected chi connectivity index (χ1v) is 9.35. The number of rotatable bonds is 5. The minimum Gasteiger partial charge on any atom is -0.493 e. The molecule has 5 heteroatoms. The summed E-state index contributed by atoms with van der Waals surface area (Å²) in [5.74, 6) is 1.63. The van der Waals surface area contributed by atoms with Crippen molar-refractivity contribution < 1.29 is 9.47 Å². The van der Waals surface area contributed by atoms with Gasteiger partial charge in [0.25, 0.3) is 0 Å². The van der Waals surface area contributed by atoms with Crippen LogP contribution in [0, 0.1) is 0 Å². The van der Waals surface area contributed by atoms with Crippen molar-refractivity contribution in [1.82, 2.24) is 0 Å². The Bertz CT molecular complexity index is 907. The molecule has 3 aromatic rings. The van der Waals surface area contributed by atoms with Gasteiger partial charge < -0.3 is 9.47 Å². The molecule has 4 nitrogen and oxygen atoms in total. The molecule has 0 saturated carbocycles. The fraction of sp³-hybridized carbons (Fsp3) is 0.190. The standard InChI is InChI=1S/C21H20N2O2S/c1-24-18-11-6-10-16(21(18)25-2)17-14-23(15-8-4-3-5-9-15)22-20(17)19-12-7-13-26-19/h3-13,17H,14H2,1-2H3/t17-/m0/s1. The van der Waals surface area contributed by atoms with Crippen molar-refractivity contribution in [3.05, 3.63) is 76.5 Å². The van der Waals surface area contributed by atoms with Gasteiger partial charge in [0.2, 0.25) is 0 Å². The van der Waals surface area contributed by atoms with E-state index in [0.29, 0.717) is 0 Å². The predicted molar refractivity (Wildman–Crippen MR) is 107 cm³/mol. The van der Waals surface area contributed by atoms with Crippen molar-refractivity contribution in [2.24, 2.45) is 5.10 Å². The van der Waals surface area contributed by atoms with Crippen LogP contribution in [0.5, 0.6) is 11.5 Å². The van der Waals surface area contributed by atoms with Gasteiger partial charge in [-0.05, 0) is 29.6 Å². The topological polar surface area (TPSA) is 34.1 Å². The van der Waals surface area contributed by atoms with Crippen LogP contribution in [0.15, 0.2) is 71.1 Å². The van der Waals surface area contributed by atoms with Gasteiger partial charge in [-0.1, -0.05) is 36.4 Å². The molecule has 1 aromatic heterocycles. The number of hydrogen-bond donors (Lipinski definition) is 0. The second-order valence-corrected chi connectivity index (χ2v) is 6.96. The maximum atomic E-state index is 5.69. The molecule has 2 aromatic carbocycles. The van der Waals surface area contributed by atoms with Gasteiger partial charge in [0.15, 0.2) is 11.5 Å². The van der Waals surface area contributed by atoms with E-state index in [1.165, 1.54) is 4.88 Å². The van der Waals surface area contributed by atoms with Crippen molar-refractivity contribution in [3.8, 4) is 11.5 Å². The number of methoxy groups -OCH3 is 2. The second-order valence-electron chi connectivity index (χ2n) is 6.02. The zero-order valence-corrected chi connectivity index (χ0v) is 15.6. The van der Waals surface area contributed by atoms with Gasteiger partial charge in [0.1, 0.15) is 0 Å². The quantitative estimate of drug-likeness (QED) is 0.654. The summed E-state index contributed by atoms with van der Waals surface area (Å²) in [7, 11) is 3.36.